The van der Waals surface area contributed by atoms with E-state index in [-0.39, 0.29) is 16.5 Å². The fourth-order valence-electron chi connectivity index (χ4n) is 1.17. The van der Waals surface area contributed by atoms with Gasteiger partial charge in [0.25, 0.3) is 10.0 Å². The molecule has 2 heterocycles. The number of nitrogens with one attached hydrogen (secondary N) is 2. The molecule has 0 saturated heterocycles. The third-order valence-corrected chi connectivity index (χ3v) is 3.17. The molecule has 0 amide bonds. The van der Waals surface area contributed by atoms with Crippen LogP contribution in [0.1, 0.15) is 0 Å². The summed E-state index contributed by atoms with van der Waals surface area (Å²) in [4.78, 5) is 3.75. The normalized spacial score (nSPS) is 11.1. The highest BCUT2D eigenvalue weighted by Gasteiger charge is 2.20. The highest BCUT2D eigenvalue weighted by molar-refractivity contribution is 7.92. The molecule has 0 bridgehead atoms. The van der Waals surface area contributed by atoms with Crippen molar-refractivity contribution in [3.05, 3.63) is 30.7 Å². The first-order chi connectivity index (χ1) is 8.13. The zero-order valence-corrected chi connectivity index (χ0v) is 9.31. The summed E-state index contributed by atoms with van der Waals surface area (Å²) >= 11 is 0. The van der Waals surface area contributed by atoms with Crippen LogP contribution < -0.4 is 16.0 Å². The number of nitrogens with zero attached hydrogens (tertiary/aromatic N) is 2. The first-order valence-electron chi connectivity index (χ1n) is 4.48. The van der Waals surface area contributed by atoms with E-state index in [2.05, 4.69) is 24.8 Å². The maximum atomic E-state index is 11.9. The maximum Gasteiger partial charge on any atom is 0.282 e. The van der Waals surface area contributed by atoms with Crippen LogP contribution in [0.4, 0.5) is 11.5 Å². The standard InChI is InChI=1S/C8H9N5O3S/c9-11-6-2-1-4-10-8(6)17(14,15)13-7-3-5-16-12-7/h1-5,11H,9H2,(H,12,13). The van der Waals surface area contributed by atoms with Crippen LogP contribution in [0.25, 0.3) is 0 Å². The van der Waals surface area contributed by atoms with Crippen LogP contribution in [0, 0.1) is 0 Å². The second-order valence-corrected chi connectivity index (χ2v) is 4.59. The Morgan fingerprint density at radius 2 is 2.18 bits per heavy atom. The monoisotopic (exact) mass is 255 g/mol. The van der Waals surface area contributed by atoms with Crippen molar-refractivity contribution in [2.24, 2.45) is 5.84 Å². The number of anilines is 2. The molecule has 2 aromatic rings. The van der Waals surface area contributed by atoms with Crippen molar-refractivity contribution in [2.45, 2.75) is 5.03 Å². The van der Waals surface area contributed by atoms with E-state index >= 15 is 0 Å². The van der Waals surface area contributed by atoms with E-state index < -0.39 is 10.0 Å². The predicted molar refractivity (Wildman–Crippen MR) is 59.4 cm³/mol. The number of rotatable bonds is 4. The van der Waals surface area contributed by atoms with Gasteiger partial charge in [-0.3, -0.25) is 10.6 Å². The molecule has 0 aromatic carbocycles. The summed E-state index contributed by atoms with van der Waals surface area (Å²) in [5, 5.41) is 3.22. The molecular formula is C8H9N5O3S. The summed E-state index contributed by atoms with van der Waals surface area (Å²) < 4.78 is 30.6. The minimum Gasteiger partial charge on any atom is -0.363 e. The Morgan fingerprint density at radius 1 is 1.35 bits per heavy atom. The lowest BCUT2D eigenvalue weighted by Crippen LogP contribution is -2.19. The number of nitrogen functional groups attached to an aromatic ring is 1. The van der Waals surface area contributed by atoms with Gasteiger partial charge in [0.2, 0.25) is 5.03 Å². The number of sulfonamides is 1. The molecule has 0 unspecified atom stereocenters. The number of nitrogens with two attached hydrogens (primary N) is 1. The Balaban J connectivity index is 2.38. The van der Waals surface area contributed by atoms with Crippen molar-refractivity contribution < 1.29 is 12.9 Å². The molecule has 8 nitrogen and oxygen atoms in total. The van der Waals surface area contributed by atoms with E-state index in [0.29, 0.717) is 0 Å². The smallest absolute Gasteiger partial charge is 0.282 e. The fraction of sp³-hybridized carbons (Fsp3) is 0. The van der Waals surface area contributed by atoms with Crippen molar-refractivity contribution in [2.75, 3.05) is 10.1 Å². The van der Waals surface area contributed by atoms with Gasteiger partial charge in [-0.25, -0.2) is 4.98 Å². The molecule has 17 heavy (non-hydrogen) atoms. The van der Waals surface area contributed by atoms with E-state index in [4.69, 9.17) is 5.84 Å². The topological polar surface area (TPSA) is 123 Å². The summed E-state index contributed by atoms with van der Waals surface area (Å²) in [5.41, 5.74) is 2.44. The van der Waals surface area contributed by atoms with Crippen molar-refractivity contribution in [1.82, 2.24) is 10.1 Å². The fourth-order valence-corrected chi connectivity index (χ4v) is 2.26. The van der Waals surface area contributed by atoms with Gasteiger partial charge < -0.3 is 9.95 Å². The van der Waals surface area contributed by atoms with E-state index in [1.165, 1.54) is 24.6 Å². The van der Waals surface area contributed by atoms with Crippen molar-refractivity contribution in [1.29, 1.82) is 0 Å². The highest BCUT2D eigenvalue weighted by atomic mass is 32.2. The molecule has 0 radical (unpaired) electrons. The average Bonchev–Trinajstić information content (AvgIpc) is 2.81. The summed E-state index contributed by atoms with van der Waals surface area (Å²) in [6, 6.07) is 4.42. The summed E-state index contributed by atoms with van der Waals surface area (Å²) in [5.74, 6) is 5.27. The van der Waals surface area contributed by atoms with Crippen molar-refractivity contribution >= 4 is 21.5 Å². The van der Waals surface area contributed by atoms with E-state index in [1.807, 2.05) is 0 Å². The number of hydrogen-bond acceptors (Lipinski definition) is 7. The van der Waals surface area contributed by atoms with Crippen LogP contribution in [0.3, 0.4) is 0 Å². The van der Waals surface area contributed by atoms with Gasteiger partial charge in [0.1, 0.15) is 6.26 Å². The highest BCUT2D eigenvalue weighted by Crippen LogP contribution is 2.19. The van der Waals surface area contributed by atoms with Gasteiger partial charge in [-0.1, -0.05) is 5.16 Å². The van der Waals surface area contributed by atoms with Crippen molar-refractivity contribution in [3.63, 3.8) is 0 Å². The Bertz CT molecular complexity index is 595. The molecule has 9 heteroatoms. The average molecular weight is 255 g/mol. The maximum absolute atomic E-state index is 11.9. The van der Waals surface area contributed by atoms with Gasteiger partial charge in [0.05, 0.1) is 5.69 Å². The Labute approximate surface area is 96.8 Å². The largest absolute Gasteiger partial charge is 0.363 e. The molecule has 0 aliphatic carbocycles. The molecule has 90 valence electrons. The van der Waals surface area contributed by atoms with Crippen LogP contribution in [-0.4, -0.2) is 18.6 Å². The minimum absolute atomic E-state index is 0.0682. The molecule has 0 atom stereocenters. The summed E-state index contributed by atoms with van der Waals surface area (Å²) in [6.07, 6.45) is 2.59. The van der Waals surface area contributed by atoms with Gasteiger partial charge in [-0.15, -0.1) is 0 Å². The molecule has 0 spiro atoms. The number of aromatic nitrogens is 2. The van der Waals surface area contributed by atoms with Crippen LogP contribution >= 0.6 is 0 Å². The first kappa shape index (κ1) is 11.4. The SMILES string of the molecule is NNc1cccnc1S(=O)(=O)Nc1ccon1. The van der Waals surface area contributed by atoms with Gasteiger partial charge in [0.15, 0.2) is 5.82 Å². The number of hydrazine groups is 1. The summed E-state index contributed by atoms with van der Waals surface area (Å²) in [7, 11) is -3.85. The van der Waals surface area contributed by atoms with Crippen LogP contribution in [-0.2, 0) is 10.0 Å². The van der Waals surface area contributed by atoms with Crippen LogP contribution in [0.15, 0.2) is 40.2 Å². The molecule has 2 aromatic heterocycles. The predicted octanol–water partition coefficient (Wildman–Crippen LogP) is 0.156. The Morgan fingerprint density at radius 3 is 2.82 bits per heavy atom. The second-order valence-electron chi connectivity index (χ2n) is 2.99. The molecule has 0 fully saturated rings. The number of hydrogen-bond donors (Lipinski definition) is 3. The van der Waals surface area contributed by atoms with E-state index in [0.717, 1.165) is 0 Å². The molecule has 0 aliphatic rings. The molecule has 0 saturated carbocycles. The zero-order chi connectivity index (χ0) is 12.3. The third kappa shape index (κ3) is 2.34. The van der Waals surface area contributed by atoms with Crippen molar-refractivity contribution in [3.8, 4) is 0 Å². The lowest BCUT2D eigenvalue weighted by atomic mass is 10.4. The molecule has 2 rings (SSSR count). The zero-order valence-electron chi connectivity index (χ0n) is 8.49. The van der Waals surface area contributed by atoms with Gasteiger partial charge in [-0.05, 0) is 12.1 Å². The van der Waals surface area contributed by atoms with Gasteiger partial charge in [-0.2, -0.15) is 8.42 Å². The Hall–Kier alpha value is -2.13. The first-order valence-corrected chi connectivity index (χ1v) is 5.96. The third-order valence-electron chi connectivity index (χ3n) is 1.86. The molecular weight excluding hydrogens is 246 g/mol. The molecule has 4 N–H and O–H groups in total. The van der Waals surface area contributed by atoms with E-state index in [1.54, 1.807) is 6.07 Å². The second kappa shape index (κ2) is 4.39. The van der Waals surface area contributed by atoms with Gasteiger partial charge >= 0.3 is 0 Å². The Kier molecular flexibility index (Phi) is 2.93. The van der Waals surface area contributed by atoms with Gasteiger partial charge in [0, 0.05) is 12.3 Å². The molecule has 0 aliphatic heterocycles. The van der Waals surface area contributed by atoms with Crippen LogP contribution in [0.2, 0.25) is 0 Å². The lowest BCUT2D eigenvalue weighted by Gasteiger charge is -2.08. The quantitative estimate of drug-likeness (QED) is 0.525. The van der Waals surface area contributed by atoms with Crippen LogP contribution in [0.5, 0.6) is 0 Å². The lowest BCUT2D eigenvalue weighted by molar-refractivity contribution is 0.423. The minimum atomic E-state index is -3.85. The number of pyridine rings is 1. The summed E-state index contributed by atoms with van der Waals surface area (Å²) in [6.45, 7) is 0. The van der Waals surface area contributed by atoms with E-state index in [9.17, 15) is 8.42 Å².